The highest BCUT2D eigenvalue weighted by molar-refractivity contribution is 6.13. The van der Waals surface area contributed by atoms with Crippen molar-refractivity contribution in [1.82, 2.24) is 0 Å². The van der Waals surface area contributed by atoms with Gasteiger partial charge in [0.15, 0.2) is 6.10 Å². The molecule has 1 atom stereocenters. The SMILES string of the molecule is CCOC(=O)C(Cc1ccc(OCCN2CCC(C)(C)c3cc(C(=NOC)c4ccccc4)ccc32)cc1)OCC. The second kappa shape index (κ2) is 14.2. The summed E-state index contributed by atoms with van der Waals surface area (Å²) in [6.07, 6.45) is 0.915. The minimum absolute atomic E-state index is 0.0380. The lowest BCUT2D eigenvalue weighted by Gasteiger charge is -2.40. The fourth-order valence-electron chi connectivity index (χ4n) is 5.22. The molecule has 1 aliphatic rings. The summed E-state index contributed by atoms with van der Waals surface area (Å²) >= 11 is 0. The molecular weight excluding hydrogens is 516 g/mol. The molecule has 0 aliphatic carbocycles. The summed E-state index contributed by atoms with van der Waals surface area (Å²) in [4.78, 5) is 19.8. The number of carbonyl (C=O) groups excluding carboxylic acids is 1. The maximum absolute atomic E-state index is 12.2. The minimum Gasteiger partial charge on any atom is -0.492 e. The van der Waals surface area contributed by atoms with E-state index in [9.17, 15) is 4.79 Å². The molecule has 0 amide bonds. The predicted octanol–water partition coefficient (Wildman–Crippen LogP) is 6.16. The summed E-state index contributed by atoms with van der Waals surface area (Å²) in [5.74, 6) is 0.475. The summed E-state index contributed by atoms with van der Waals surface area (Å²) in [6.45, 7) is 11.4. The molecular formula is C34H42N2O5. The lowest BCUT2D eigenvalue weighted by molar-refractivity contribution is -0.156. The molecule has 3 aromatic carbocycles. The molecule has 0 aromatic heterocycles. The quantitative estimate of drug-likeness (QED) is 0.142. The van der Waals surface area contributed by atoms with Crippen LogP contribution in [0.4, 0.5) is 5.69 Å². The summed E-state index contributed by atoms with van der Waals surface area (Å²) in [6, 6.07) is 24.6. The Bertz CT molecular complexity index is 1300. The van der Waals surface area contributed by atoms with E-state index in [1.165, 1.54) is 11.3 Å². The van der Waals surface area contributed by atoms with Crippen molar-refractivity contribution >= 4 is 17.4 Å². The minimum atomic E-state index is -0.597. The van der Waals surface area contributed by atoms with Gasteiger partial charge in [-0.25, -0.2) is 4.79 Å². The lowest BCUT2D eigenvalue weighted by atomic mass is 9.76. The van der Waals surface area contributed by atoms with Gasteiger partial charge in [-0.05, 0) is 61.1 Å². The van der Waals surface area contributed by atoms with Crippen LogP contribution < -0.4 is 9.64 Å². The molecule has 0 fully saturated rings. The smallest absolute Gasteiger partial charge is 0.335 e. The van der Waals surface area contributed by atoms with Gasteiger partial charge in [0.1, 0.15) is 25.2 Å². The lowest BCUT2D eigenvalue weighted by Crippen LogP contribution is -2.39. The van der Waals surface area contributed by atoms with Crippen LogP contribution in [0.15, 0.2) is 78.0 Å². The van der Waals surface area contributed by atoms with Crippen molar-refractivity contribution in [3.63, 3.8) is 0 Å². The Balaban J connectivity index is 1.42. The van der Waals surface area contributed by atoms with Crippen LogP contribution in [0.1, 0.15) is 56.4 Å². The number of fused-ring (bicyclic) bond motifs is 1. The van der Waals surface area contributed by atoms with Crippen molar-refractivity contribution in [3.8, 4) is 5.75 Å². The molecule has 0 saturated heterocycles. The van der Waals surface area contributed by atoms with Crippen LogP contribution in [0.25, 0.3) is 0 Å². The summed E-state index contributed by atoms with van der Waals surface area (Å²) in [5.41, 5.74) is 6.46. The van der Waals surface area contributed by atoms with Crippen molar-refractivity contribution in [1.29, 1.82) is 0 Å². The van der Waals surface area contributed by atoms with Crippen LogP contribution in [-0.4, -0.2) is 57.8 Å². The summed E-state index contributed by atoms with van der Waals surface area (Å²) in [7, 11) is 1.58. The van der Waals surface area contributed by atoms with Crippen LogP contribution in [-0.2, 0) is 30.9 Å². The van der Waals surface area contributed by atoms with Crippen LogP contribution in [0.5, 0.6) is 5.75 Å². The molecule has 0 spiro atoms. The normalized spacial score (nSPS) is 15.1. The zero-order valence-electron chi connectivity index (χ0n) is 24.9. The highest BCUT2D eigenvalue weighted by Gasteiger charge is 2.32. The number of rotatable bonds is 13. The van der Waals surface area contributed by atoms with Gasteiger partial charge in [-0.1, -0.05) is 67.5 Å². The third-order valence-electron chi connectivity index (χ3n) is 7.47. The zero-order chi connectivity index (χ0) is 29.2. The van der Waals surface area contributed by atoms with Crippen molar-refractivity contribution in [3.05, 3.63) is 95.1 Å². The number of nitrogens with zero attached hydrogens (tertiary/aromatic N) is 2. The van der Waals surface area contributed by atoms with Gasteiger partial charge in [0, 0.05) is 36.4 Å². The summed E-state index contributed by atoms with van der Waals surface area (Å²) < 4.78 is 16.9. The van der Waals surface area contributed by atoms with Gasteiger partial charge in [0.05, 0.1) is 13.2 Å². The number of carbonyl (C=O) groups is 1. The topological polar surface area (TPSA) is 69.6 Å². The van der Waals surface area contributed by atoms with E-state index >= 15 is 0 Å². The Morgan fingerprint density at radius 1 is 0.976 bits per heavy atom. The molecule has 0 N–H and O–H groups in total. The van der Waals surface area contributed by atoms with Gasteiger partial charge >= 0.3 is 5.97 Å². The van der Waals surface area contributed by atoms with Crippen LogP contribution in [0.2, 0.25) is 0 Å². The van der Waals surface area contributed by atoms with E-state index in [-0.39, 0.29) is 11.4 Å². The number of benzene rings is 3. The Morgan fingerprint density at radius 2 is 1.73 bits per heavy atom. The van der Waals surface area contributed by atoms with Gasteiger partial charge in [-0.3, -0.25) is 0 Å². The molecule has 3 aromatic rings. The highest BCUT2D eigenvalue weighted by Crippen LogP contribution is 2.40. The van der Waals surface area contributed by atoms with E-state index in [0.717, 1.165) is 47.7 Å². The summed E-state index contributed by atoms with van der Waals surface area (Å²) in [5, 5.41) is 4.36. The van der Waals surface area contributed by atoms with Gasteiger partial charge in [0.25, 0.3) is 0 Å². The average Bonchev–Trinajstić information content (AvgIpc) is 2.98. The van der Waals surface area contributed by atoms with E-state index in [1.807, 2.05) is 49.4 Å². The molecule has 4 rings (SSSR count). The van der Waals surface area contributed by atoms with Crippen LogP contribution in [0, 0.1) is 0 Å². The molecule has 1 heterocycles. The molecule has 0 bridgehead atoms. The van der Waals surface area contributed by atoms with Crippen molar-refractivity contribution in [2.24, 2.45) is 5.16 Å². The number of hydrogen-bond acceptors (Lipinski definition) is 7. The Labute approximate surface area is 244 Å². The van der Waals surface area contributed by atoms with Crippen molar-refractivity contribution in [2.75, 3.05) is 44.9 Å². The first-order chi connectivity index (χ1) is 19.9. The van der Waals surface area contributed by atoms with Crippen LogP contribution >= 0.6 is 0 Å². The maximum atomic E-state index is 12.2. The van der Waals surface area contributed by atoms with Gasteiger partial charge < -0.3 is 23.9 Å². The van der Waals surface area contributed by atoms with Crippen molar-refractivity contribution < 1.29 is 23.8 Å². The monoisotopic (exact) mass is 558 g/mol. The second-order valence-corrected chi connectivity index (χ2v) is 10.7. The van der Waals surface area contributed by atoms with E-state index in [1.54, 1.807) is 14.0 Å². The number of esters is 1. The first-order valence-electron chi connectivity index (χ1n) is 14.4. The fourth-order valence-corrected chi connectivity index (χ4v) is 5.22. The molecule has 7 nitrogen and oxygen atoms in total. The first-order valence-corrected chi connectivity index (χ1v) is 14.4. The molecule has 41 heavy (non-hydrogen) atoms. The van der Waals surface area contributed by atoms with E-state index < -0.39 is 6.10 Å². The largest absolute Gasteiger partial charge is 0.492 e. The maximum Gasteiger partial charge on any atom is 0.335 e. The second-order valence-electron chi connectivity index (χ2n) is 10.7. The number of hydrogen-bond donors (Lipinski definition) is 0. The third kappa shape index (κ3) is 7.67. The van der Waals surface area contributed by atoms with Crippen LogP contribution in [0.3, 0.4) is 0 Å². The van der Waals surface area contributed by atoms with Gasteiger partial charge in [0.2, 0.25) is 0 Å². The molecule has 218 valence electrons. The first kappa shape index (κ1) is 30.1. The zero-order valence-corrected chi connectivity index (χ0v) is 24.9. The van der Waals surface area contributed by atoms with E-state index in [4.69, 9.17) is 19.0 Å². The molecule has 1 unspecified atom stereocenters. The standard InChI is InChI=1S/C34H42N2O5/c1-6-39-31(33(37)40-7-2)23-25-13-16-28(17-14-25)41-22-21-36-20-19-34(3,4)29-24-27(15-18-30(29)36)32(35-38-5)26-11-9-8-10-12-26/h8-18,24,31H,6-7,19-23H2,1-5H3. The third-order valence-corrected chi connectivity index (χ3v) is 7.47. The molecule has 0 radical (unpaired) electrons. The fraction of sp³-hybridized carbons (Fsp3) is 0.412. The molecule has 0 saturated carbocycles. The number of oxime groups is 1. The number of anilines is 1. The number of ether oxygens (including phenoxy) is 3. The van der Waals surface area contributed by atoms with Gasteiger partial charge in [-0.2, -0.15) is 0 Å². The van der Waals surface area contributed by atoms with E-state index in [2.05, 4.69) is 54.2 Å². The molecule has 1 aliphatic heterocycles. The Kier molecular flexibility index (Phi) is 10.4. The van der Waals surface area contributed by atoms with Crippen molar-refractivity contribution in [2.45, 2.75) is 52.1 Å². The highest BCUT2D eigenvalue weighted by atomic mass is 16.6. The van der Waals surface area contributed by atoms with E-state index in [0.29, 0.717) is 26.2 Å². The average molecular weight is 559 g/mol. The Hall–Kier alpha value is -3.84. The Morgan fingerprint density at radius 3 is 2.41 bits per heavy atom. The predicted molar refractivity (Wildman–Crippen MR) is 163 cm³/mol. The molecule has 7 heteroatoms. The van der Waals surface area contributed by atoms with Gasteiger partial charge in [-0.15, -0.1) is 0 Å².